The number of rotatable bonds is 10. The van der Waals surface area contributed by atoms with Gasteiger partial charge in [-0.25, -0.2) is 14.8 Å². The Morgan fingerprint density at radius 2 is 1.79 bits per heavy atom. The molecule has 0 radical (unpaired) electrons. The molecule has 0 fully saturated rings. The number of fused-ring (bicyclic) bond motifs is 1. The van der Waals surface area contributed by atoms with Crippen molar-refractivity contribution in [1.29, 1.82) is 0 Å². The van der Waals surface area contributed by atoms with Crippen molar-refractivity contribution in [2.45, 2.75) is 24.9 Å². The standard InChI is InChI=1S/C24H22N8O6/c25-24-31-19-18(21(34)32-24)29-15(11-28-19)10-27-14-5-3-12(4-6-14)20(33)30-17(23(37)38)8-16(22(35)36)13-2-1-7-26-9-13/h1-7,9,11,16-17,27H,8,10H2,(H,30,33)(H,35,36)(H,37,38)(H3,25,28,31,32,34)/t16?,17-/m0/s1. The number of carbonyl (C=O) groups excluding carboxylic acids is 1. The Hall–Kier alpha value is -5.40. The summed E-state index contributed by atoms with van der Waals surface area (Å²) < 4.78 is 0. The van der Waals surface area contributed by atoms with Crippen molar-refractivity contribution in [3.8, 4) is 0 Å². The average molecular weight is 518 g/mol. The second kappa shape index (κ2) is 11.1. The van der Waals surface area contributed by atoms with Crippen molar-refractivity contribution in [3.63, 3.8) is 0 Å². The van der Waals surface area contributed by atoms with Gasteiger partial charge in [0.1, 0.15) is 6.04 Å². The van der Waals surface area contributed by atoms with Crippen LogP contribution in [0.2, 0.25) is 0 Å². The lowest BCUT2D eigenvalue weighted by molar-refractivity contribution is -0.141. The van der Waals surface area contributed by atoms with E-state index < -0.39 is 35.4 Å². The van der Waals surface area contributed by atoms with Crippen LogP contribution in [-0.2, 0) is 16.1 Å². The highest BCUT2D eigenvalue weighted by atomic mass is 16.4. The van der Waals surface area contributed by atoms with E-state index in [0.29, 0.717) is 16.9 Å². The fourth-order valence-electron chi connectivity index (χ4n) is 3.65. The van der Waals surface area contributed by atoms with Gasteiger partial charge in [0.2, 0.25) is 5.95 Å². The van der Waals surface area contributed by atoms with Gasteiger partial charge in [-0.3, -0.25) is 24.4 Å². The number of carboxylic acids is 2. The average Bonchev–Trinajstić information content (AvgIpc) is 2.90. The molecule has 38 heavy (non-hydrogen) atoms. The number of H-pyrrole nitrogens is 1. The fourth-order valence-corrected chi connectivity index (χ4v) is 3.65. The number of nitrogens with two attached hydrogens (primary N) is 1. The van der Waals surface area contributed by atoms with E-state index in [-0.39, 0.29) is 35.6 Å². The van der Waals surface area contributed by atoms with Crippen molar-refractivity contribution in [2.24, 2.45) is 0 Å². The fraction of sp³-hybridized carbons (Fsp3) is 0.167. The number of benzene rings is 1. The molecule has 194 valence electrons. The third-order valence-electron chi connectivity index (χ3n) is 5.57. The van der Waals surface area contributed by atoms with Gasteiger partial charge in [-0.05, 0) is 42.3 Å². The summed E-state index contributed by atoms with van der Waals surface area (Å²) in [5.74, 6) is -4.49. The number of hydrogen-bond donors (Lipinski definition) is 6. The summed E-state index contributed by atoms with van der Waals surface area (Å²) in [5, 5.41) is 24.6. The molecular weight excluding hydrogens is 496 g/mol. The first-order chi connectivity index (χ1) is 18.2. The summed E-state index contributed by atoms with van der Waals surface area (Å²) in [6, 6.07) is 7.81. The predicted molar refractivity (Wildman–Crippen MR) is 134 cm³/mol. The first kappa shape index (κ1) is 25.7. The zero-order chi connectivity index (χ0) is 27.2. The van der Waals surface area contributed by atoms with Gasteiger partial charge in [0, 0.05) is 23.6 Å². The van der Waals surface area contributed by atoms with Crippen LogP contribution in [0.5, 0.6) is 0 Å². The van der Waals surface area contributed by atoms with Crippen LogP contribution in [0.4, 0.5) is 11.6 Å². The first-order valence-corrected chi connectivity index (χ1v) is 11.2. The molecule has 14 heteroatoms. The summed E-state index contributed by atoms with van der Waals surface area (Å²) in [7, 11) is 0. The molecule has 4 rings (SSSR count). The van der Waals surface area contributed by atoms with Crippen LogP contribution in [0.25, 0.3) is 11.2 Å². The van der Waals surface area contributed by atoms with E-state index in [1.807, 2.05) is 0 Å². The number of aliphatic carboxylic acids is 2. The second-order valence-corrected chi connectivity index (χ2v) is 8.19. The minimum atomic E-state index is -1.44. The summed E-state index contributed by atoms with van der Waals surface area (Å²) in [6.07, 6.45) is 3.91. The molecule has 3 heterocycles. The topological polar surface area (TPSA) is 226 Å². The molecule has 0 spiro atoms. The Morgan fingerprint density at radius 1 is 1.03 bits per heavy atom. The van der Waals surface area contributed by atoms with Crippen LogP contribution in [0, 0.1) is 0 Å². The summed E-state index contributed by atoms with van der Waals surface area (Å²) in [6.45, 7) is 0.213. The monoisotopic (exact) mass is 518 g/mol. The lowest BCUT2D eigenvalue weighted by Crippen LogP contribution is -2.42. The minimum absolute atomic E-state index is 0.0483. The van der Waals surface area contributed by atoms with E-state index in [2.05, 4.69) is 35.6 Å². The highest BCUT2D eigenvalue weighted by Crippen LogP contribution is 2.21. The molecule has 2 atom stereocenters. The molecule has 1 amide bonds. The molecule has 14 nitrogen and oxygen atoms in total. The van der Waals surface area contributed by atoms with Crippen LogP contribution in [-0.4, -0.2) is 59.0 Å². The van der Waals surface area contributed by atoms with Crippen molar-refractivity contribution < 1.29 is 24.6 Å². The Labute approximate surface area is 214 Å². The van der Waals surface area contributed by atoms with E-state index in [4.69, 9.17) is 5.73 Å². The lowest BCUT2D eigenvalue weighted by Gasteiger charge is -2.19. The van der Waals surface area contributed by atoms with Gasteiger partial charge in [0.15, 0.2) is 11.2 Å². The maximum Gasteiger partial charge on any atom is 0.326 e. The Balaban J connectivity index is 1.40. The molecule has 0 aliphatic heterocycles. The first-order valence-electron chi connectivity index (χ1n) is 11.2. The van der Waals surface area contributed by atoms with Crippen LogP contribution < -0.4 is 21.9 Å². The Kier molecular flexibility index (Phi) is 7.51. The molecule has 0 aliphatic carbocycles. The quantitative estimate of drug-likeness (QED) is 0.171. The van der Waals surface area contributed by atoms with Crippen molar-refractivity contribution >= 4 is 40.6 Å². The molecular formula is C24H22N8O6. The Bertz CT molecular complexity index is 1540. The number of pyridine rings is 1. The lowest BCUT2D eigenvalue weighted by atomic mass is 9.93. The number of nitrogen functional groups attached to an aromatic ring is 1. The molecule has 7 N–H and O–H groups in total. The van der Waals surface area contributed by atoms with Gasteiger partial charge in [0.25, 0.3) is 11.5 Å². The zero-order valence-electron chi connectivity index (χ0n) is 19.7. The number of aromatic amines is 1. The summed E-state index contributed by atoms with van der Waals surface area (Å²) >= 11 is 0. The summed E-state index contributed by atoms with van der Waals surface area (Å²) in [4.78, 5) is 66.7. The van der Waals surface area contributed by atoms with Gasteiger partial charge < -0.3 is 26.6 Å². The van der Waals surface area contributed by atoms with Crippen LogP contribution in [0.15, 0.2) is 59.8 Å². The molecule has 0 saturated carbocycles. The summed E-state index contributed by atoms with van der Waals surface area (Å²) in [5.41, 5.74) is 6.75. The van der Waals surface area contributed by atoms with E-state index in [0.717, 1.165) is 0 Å². The van der Waals surface area contributed by atoms with E-state index >= 15 is 0 Å². The predicted octanol–water partition coefficient (Wildman–Crippen LogP) is 0.744. The van der Waals surface area contributed by atoms with E-state index in [1.54, 1.807) is 18.2 Å². The highest BCUT2D eigenvalue weighted by Gasteiger charge is 2.30. The Morgan fingerprint density at radius 3 is 2.45 bits per heavy atom. The van der Waals surface area contributed by atoms with Gasteiger partial charge >= 0.3 is 11.9 Å². The smallest absolute Gasteiger partial charge is 0.326 e. The molecule has 0 aliphatic rings. The van der Waals surface area contributed by atoms with Gasteiger partial charge in [0.05, 0.1) is 24.4 Å². The third kappa shape index (κ3) is 6.04. The SMILES string of the molecule is Nc1nc2ncc(CNc3ccc(C(=O)N[C@@H](CC(C(=O)O)c4cccnc4)C(=O)O)cc3)nc2c(=O)[nH]1. The number of carboxylic acid groups (broad SMARTS) is 2. The van der Waals surface area contributed by atoms with E-state index in [1.165, 1.54) is 36.8 Å². The largest absolute Gasteiger partial charge is 0.481 e. The molecule has 3 aromatic heterocycles. The van der Waals surface area contributed by atoms with Crippen molar-refractivity contribution in [1.82, 2.24) is 30.2 Å². The molecule has 1 aromatic carbocycles. The maximum absolute atomic E-state index is 12.7. The second-order valence-electron chi connectivity index (χ2n) is 8.19. The van der Waals surface area contributed by atoms with Crippen molar-refractivity contribution in [2.75, 3.05) is 11.1 Å². The van der Waals surface area contributed by atoms with Gasteiger partial charge in [-0.2, -0.15) is 4.98 Å². The third-order valence-corrected chi connectivity index (χ3v) is 5.57. The highest BCUT2D eigenvalue weighted by molar-refractivity contribution is 5.97. The molecule has 0 saturated heterocycles. The number of nitrogens with one attached hydrogen (secondary N) is 3. The maximum atomic E-state index is 12.7. The number of aromatic nitrogens is 5. The van der Waals surface area contributed by atoms with Crippen molar-refractivity contribution in [3.05, 3.63) is 82.2 Å². The van der Waals surface area contributed by atoms with Gasteiger partial charge in [-0.15, -0.1) is 0 Å². The molecule has 4 aromatic rings. The number of nitrogens with zero attached hydrogens (tertiary/aromatic N) is 4. The van der Waals surface area contributed by atoms with Crippen LogP contribution >= 0.6 is 0 Å². The number of amides is 1. The van der Waals surface area contributed by atoms with Crippen LogP contribution in [0.3, 0.4) is 0 Å². The minimum Gasteiger partial charge on any atom is -0.481 e. The van der Waals surface area contributed by atoms with Crippen LogP contribution in [0.1, 0.15) is 34.0 Å². The molecule has 0 bridgehead atoms. The number of carbonyl (C=O) groups is 3. The zero-order valence-corrected chi connectivity index (χ0v) is 19.7. The van der Waals surface area contributed by atoms with Gasteiger partial charge in [-0.1, -0.05) is 6.07 Å². The number of hydrogen-bond acceptors (Lipinski definition) is 10. The van der Waals surface area contributed by atoms with E-state index in [9.17, 15) is 29.4 Å². The molecule has 1 unspecified atom stereocenters. The number of anilines is 2. The normalized spacial score (nSPS) is 12.4.